The third kappa shape index (κ3) is 3.57. The van der Waals surface area contributed by atoms with E-state index in [4.69, 9.17) is 0 Å². The number of fused-ring (bicyclic) bond motifs is 1. The van der Waals surface area contributed by atoms with Crippen LogP contribution in [0.1, 0.15) is 18.4 Å². The Kier molecular flexibility index (Phi) is 5.26. The fourth-order valence-electron chi connectivity index (χ4n) is 3.43. The molecule has 2 N–H and O–H groups in total. The molecule has 140 valence electrons. The number of rotatable bonds is 4. The maximum atomic E-state index is 11.8. The molecule has 1 aliphatic rings. The van der Waals surface area contributed by atoms with Crippen molar-refractivity contribution in [2.45, 2.75) is 25.4 Å². The lowest BCUT2D eigenvalue weighted by Crippen LogP contribution is -2.41. The number of piperidine rings is 1. The average molecular weight is 426 g/mol. The molecule has 1 saturated heterocycles. The quantitative estimate of drug-likeness (QED) is 0.434. The van der Waals surface area contributed by atoms with Crippen molar-refractivity contribution in [2.24, 2.45) is 0 Å². The van der Waals surface area contributed by atoms with Crippen LogP contribution in [0.5, 0.6) is 0 Å². The van der Waals surface area contributed by atoms with E-state index in [0.717, 1.165) is 31.5 Å². The highest BCUT2D eigenvalue weighted by molar-refractivity contribution is 9.10. The molecule has 0 unspecified atom stereocenters. The third-order valence-electron chi connectivity index (χ3n) is 4.88. The smallest absolute Gasteiger partial charge is 0.314 e. The fraction of sp³-hybridized carbons (Fsp3) is 0.500. The largest absolute Gasteiger partial charge is 0.315 e. The second-order valence-electron chi connectivity index (χ2n) is 6.75. The predicted octanol–water partition coefficient (Wildman–Crippen LogP) is 1.41. The number of nitrogens with zero attached hydrogens (tertiary/aromatic N) is 3. The number of likely N-dealkylation sites (tertiary alicyclic amines) is 1. The summed E-state index contributed by atoms with van der Waals surface area (Å²) in [6, 6.07) is 2.19. The van der Waals surface area contributed by atoms with Crippen LogP contribution in [0, 0.1) is 10.1 Å². The molecule has 10 heteroatoms. The van der Waals surface area contributed by atoms with Crippen molar-refractivity contribution in [1.29, 1.82) is 0 Å². The summed E-state index contributed by atoms with van der Waals surface area (Å²) in [6.45, 7) is 2.33. The molecule has 9 nitrogen and oxygen atoms in total. The summed E-state index contributed by atoms with van der Waals surface area (Å²) in [7, 11) is 4.14. The summed E-state index contributed by atoms with van der Waals surface area (Å²) in [6.07, 6.45) is 2.07. The molecule has 2 heterocycles. The first-order valence-electron chi connectivity index (χ1n) is 8.28. The van der Waals surface area contributed by atoms with Crippen molar-refractivity contribution in [1.82, 2.24) is 19.8 Å². The Labute approximate surface area is 157 Å². The lowest BCUT2D eigenvalue weighted by atomic mass is 10.0. The van der Waals surface area contributed by atoms with Crippen LogP contribution in [-0.4, -0.2) is 57.9 Å². The number of hydrogen-bond acceptors (Lipinski definition) is 6. The molecule has 1 fully saturated rings. The van der Waals surface area contributed by atoms with E-state index in [1.165, 1.54) is 0 Å². The first-order chi connectivity index (χ1) is 12.3. The molecule has 26 heavy (non-hydrogen) atoms. The lowest BCUT2D eigenvalue weighted by Gasteiger charge is -2.35. The second kappa shape index (κ2) is 7.29. The van der Waals surface area contributed by atoms with E-state index in [9.17, 15) is 19.7 Å². The molecule has 3 rings (SSSR count). The van der Waals surface area contributed by atoms with Crippen LogP contribution in [0.2, 0.25) is 0 Å². The van der Waals surface area contributed by atoms with E-state index in [2.05, 4.69) is 49.8 Å². The molecule has 0 amide bonds. The zero-order valence-electron chi connectivity index (χ0n) is 14.5. The standard InChI is InChI=1S/C16H20BrN5O4/c1-20(2)10-3-5-21(6-4-10)8-9-7-11(17)14(22(25)26)13-12(9)18-15(23)16(24)19-13/h7,10H,3-6,8H2,1-2H3,(H,18,23)(H,19,24). The second-order valence-corrected chi connectivity index (χ2v) is 7.61. The highest BCUT2D eigenvalue weighted by Gasteiger charge is 2.25. The molecule has 0 aliphatic carbocycles. The fourth-order valence-corrected chi connectivity index (χ4v) is 4.05. The van der Waals surface area contributed by atoms with Crippen LogP contribution in [0.4, 0.5) is 5.69 Å². The van der Waals surface area contributed by atoms with Crippen molar-refractivity contribution in [2.75, 3.05) is 27.2 Å². The summed E-state index contributed by atoms with van der Waals surface area (Å²) >= 11 is 3.22. The van der Waals surface area contributed by atoms with Crippen molar-refractivity contribution in [3.05, 3.63) is 46.9 Å². The molecular formula is C16H20BrN5O4. The minimum absolute atomic E-state index is 0.0344. The number of benzene rings is 1. The van der Waals surface area contributed by atoms with Gasteiger partial charge in [-0.1, -0.05) is 0 Å². The molecule has 1 aromatic carbocycles. The monoisotopic (exact) mass is 425 g/mol. The molecule has 0 bridgehead atoms. The topological polar surface area (TPSA) is 115 Å². The zero-order chi connectivity index (χ0) is 19.0. The van der Waals surface area contributed by atoms with Crippen LogP contribution in [-0.2, 0) is 6.54 Å². The van der Waals surface area contributed by atoms with E-state index in [0.29, 0.717) is 18.1 Å². The maximum absolute atomic E-state index is 11.8. The number of halogens is 1. The van der Waals surface area contributed by atoms with Gasteiger partial charge in [-0.05, 0) is 67.6 Å². The average Bonchev–Trinajstić information content (AvgIpc) is 2.57. The number of aromatic amines is 2. The van der Waals surface area contributed by atoms with Crippen molar-refractivity contribution >= 4 is 32.7 Å². The van der Waals surface area contributed by atoms with Crippen molar-refractivity contribution in [3.8, 4) is 0 Å². The van der Waals surface area contributed by atoms with Crippen LogP contribution < -0.4 is 11.1 Å². The zero-order valence-corrected chi connectivity index (χ0v) is 16.1. The molecule has 2 aromatic rings. The summed E-state index contributed by atoms with van der Waals surface area (Å²) < 4.78 is 0.274. The Balaban J connectivity index is 2.00. The molecule has 1 aliphatic heterocycles. The van der Waals surface area contributed by atoms with Crippen molar-refractivity contribution < 1.29 is 4.92 Å². The van der Waals surface area contributed by atoms with E-state index in [1.54, 1.807) is 6.07 Å². The van der Waals surface area contributed by atoms with E-state index in [-0.39, 0.29) is 15.7 Å². The Bertz CT molecular complexity index is 959. The highest BCUT2D eigenvalue weighted by atomic mass is 79.9. The Hall–Kier alpha value is -2.04. The number of H-pyrrole nitrogens is 2. The van der Waals surface area contributed by atoms with Gasteiger partial charge in [0, 0.05) is 12.6 Å². The summed E-state index contributed by atoms with van der Waals surface area (Å²) in [5.74, 6) is 0. The number of nitro groups is 1. The first-order valence-corrected chi connectivity index (χ1v) is 9.08. The van der Waals surface area contributed by atoms with Gasteiger partial charge in [-0.2, -0.15) is 0 Å². The van der Waals surface area contributed by atoms with E-state index >= 15 is 0 Å². The minimum atomic E-state index is -0.906. The van der Waals surface area contributed by atoms with E-state index in [1.807, 2.05) is 0 Å². The molecule has 0 saturated carbocycles. The lowest BCUT2D eigenvalue weighted by molar-refractivity contribution is -0.384. The normalized spacial score (nSPS) is 16.5. The Morgan fingerprint density at radius 3 is 2.35 bits per heavy atom. The van der Waals surface area contributed by atoms with Gasteiger partial charge in [0.1, 0.15) is 5.52 Å². The molecule has 1 aromatic heterocycles. The SMILES string of the molecule is CN(C)C1CCN(Cc2cc(Br)c([N+](=O)[O-])c3[nH]c(=O)c(=O)[nH]c23)CC1. The molecule has 0 spiro atoms. The first kappa shape index (κ1) is 18.7. The van der Waals surface area contributed by atoms with Crippen LogP contribution in [0.25, 0.3) is 11.0 Å². The maximum Gasteiger partial charge on any atom is 0.314 e. The van der Waals surface area contributed by atoms with E-state index < -0.39 is 16.0 Å². The van der Waals surface area contributed by atoms with Gasteiger partial charge < -0.3 is 14.9 Å². The Morgan fingerprint density at radius 2 is 1.81 bits per heavy atom. The van der Waals surface area contributed by atoms with Gasteiger partial charge in [0.2, 0.25) is 0 Å². The van der Waals surface area contributed by atoms with Crippen LogP contribution in [0.15, 0.2) is 20.1 Å². The van der Waals surface area contributed by atoms with Gasteiger partial charge in [-0.15, -0.1) is 0 Å². The number of nitro benzene ring substituents is 1. The van der Waals surface area contributed by atoms with Gasteiger partial charge in [0.25, 0.3) is 0 Å². The number of nitrogens with one attached hydrogen (secondary N) is 2. The number of aromatic nitrogens is 2. The van der Waals surface area contributed by atoms with Gasteiger partial charge in [-0.25, -0.2) is 0 Å². The number of hydrogen-bond donors (Lipinski definition) is 2. The molecule has 0 radical (unpaired) electrons. The van der Waals surface area contributed by atoms with Gasteiger partial charge in [-0.3, -0.25) is 24.6 Å². The highest BCUT2D eigenvalue weighted by Crippen LogP contribution is 2.33. The van der Waals surface area contributed by atoms with Gasteiger partial charge in [0.05, 0.1) is 14.9 Å². The van der Waals surface area contributed by atoms with Crippen LogP contribution in [0.3, 0.4) is 0 Å². The van der Waals surface area contributed by atoms with Crippen molar-refractivity contribution in [3.63, 3.8) is 0 Å². The minimum Gasteiger partial charge on any atom is -0.315 e. The van der Waals surface area contributed by atoms with Gasteiger partial charge >= 0.3 is 16.8 Å². The van der Waals surface area contributed by atoms with Gasteiger partial charge in [0.15, 0.2) is 0 Å². The molecular weight excluding hydrogens is 406 g/mol. The Morgan fingerprint density at radius 1 is 1.23 bits per heavy atom. The third-order valence-corrected chi connectivity index (χ3v) is 5.49. The van der Waals surface area contributed by atoms with Crippen LogP contribution >= 0.6 is 15.9 Å². The predicted molar refractivity (Wildman–Crippen MR) is 102 cm³/mol. The summed E-state index contributed by atoms with van der Waals surface area (Å²) in [5, 5.41) is 11.4. The summed E-state index contributed by atoms with van der Waals surface area (Å²) in [4.78, 5) is 43.6. The summed E-state index contributed by atoms with van der Waals surface area (Å²) in [5.41, 5.74) is -0.915. The molecule has 0 atom stereocenters.